The molecule has 0 saturated heterocycles. The molecule has 0 unspecified atom stereocenters. The highest BCUT2D eigenvalue weighted by Crippen LogP contribution is 2.22. The second-order valence-electron chi connectivity index (χ2n) is 5.55. The number of pyridine rings is 1. The molecule has 1 aromatic carbocycles. The third kappa shape index (κ3) is 3.04. The minimum atomic E-state index is -0.185. The summed E-state index contributed by atoms with van der Waals surface area (Å²) in [4.78, 5) is 16.4. The maximum absolute atomic E-state index is 12.2. The van der Waals surface area contributed by atoms with Crippen LogP contribution in [0.15, 0.2) is 42.7 Å². The number of para-hydroxylation sites is 1. The molecule has 1 amide bonds. The van der Waals surface area contributed by atoms with E-state index in [-0.39, 0.29) is 12.5 Å². The summed E-state index contributed by atoms with van der Waals surface area (Å²) >= 11 is 0. The number of benzene rings is 1. The number of imidazole rings is 1. The van der Waals surface area contributed by atoms with Gasteiger partial charge in [-0.05, 0) is 44.0 Å². The zero-order valence-corrected chi connectivity index (χ0v) is 13.5. The number of aromatic nitrogens is 2. The fourth-order valence-corrected chi connectivity index (χ4v) is 2.61. The number of carbonyl (C=O) groups excluding carboxylic acids is 1. The van der Waals surface area contributed by atoms with Gasteiger partial charge in [-0.1, -0.05) is 18.2 Å². The van der Waals surface area contributed by atoms with E-state index < -0.39 is 0 Å². The molecule has 0 aliphatic heterocycles. The van der Waals surface area contributed by atoms with Crippen molar-refractivity contribution in [3.63, 3.8) is 0 Å². The first-order valence-corrected chi connectivity index (χ1v) is 7.48. The average Bonchev–Trinajstić information content (AvgIpc) is 2.99. The van der Waals surface area contributed by atoms with Crippen molar-refractivity contribution < 1.29 is 9.53 Å². The first-order chi connectivity index (χ1) is 11.1. The van der Waals surface area contributed by atoms with Crippen LogP contribution in [-0.2, 0) is 4.79 Å². The molecule has 5 heteroatoms. The monoisotopic (exact) mass is 309 g/mol. The van der Waals surface area contributed by atoms with Gasteiger partial charge in [0.15, 0.2) is 6.61 Å². The van der Waals surface area contributed by atoms with Crippen LogP contribution in [0, 0.1) is 20.8 Å². The lowest BCUT2D eigenvalue weighted by Crippen LogP contribution is -2.21. The van der Waals surface area contributed by atoms with E-state index in [1.54, 1.807) is 6.20 Å². The van der Waals surface area contributed by atoms with E-state index in [1.807, 2.05) is 61.7 Å². The van der Waals surface area contributed by atoms with Gasteiger partial charge in [-0.15, -0.1) is 0 Å². The predicted octanol–water partition coefficient (Wildman–Crippen LogP) is 3.28. The molecule has 3 rings (SSSR count). The van der Waals surface area contributed by atoms with Crippen LogP contribution < -0.4 is 10.1 Å². The number of ether oxygens (including phenoxy) is 1. The number of hydrogen-bond donors (Lipinski definition) is 1. The van der Waals surface area contributed by atoms with E-state index in [2.05, 4.69) is 10.3 Å². The van der Waals surface area contributed by atoms with Crippen LogP contribution in [0.4, 0.5) is 5.69 Å². The van der Waals surface area contributed by atoms with Crippen molar-refractivity contribution in [2.45, 2.75) is 20.8 Å². The molecule has 0 radical (unpaired) electrons. The minimum absolute atomic E-state index is 0.0207. The number of amides is 1. The Morgan fingerprint density at radius 2 is 1.91 bits per heavy atom. The molecule has 2 heterocycles. The van der Waals surface area contributed by atoms with E-state index in [4.69, 9.17) is 4.74 Å². The summed E-state index contributed by atoms with van der Waals surface area (Å²) in [5.74, 6) is 0.583. The summed E-state index contributed by atoms with van der Waals surface area (Å²) in [5, 5.41) is 2.89. The Labute approximate surface area is 134 Å². The number of rotatable bonds is 4. The molecule has 118 valence electrons. The van der Waals surface area contributed by atoms with Gasteiger partial charge in [0.2, 0.25) is 0 Å². The van der Waals surface area contributed by atoms with Gasteiger partial charge in [-0.2, -0.15) is 0 Å². The predicted molar refractivity (Wildman–Crippen MR) is 90.0 cm³/mol. The third-order valence-electron chi connectivity index (χ3n) is 3.85. The van der Waals surface area contributed by atoms with E-state index in [9.17, 15) is 4.79 Å². The Hall–Kier alpha value is -2.82. The number of carbonyl (C=O) groups is 1. The average molecular weight is 309 g/mol. The minimum Gasteiger partial charge on any atom is -0.483 e. The summed E-state index contributed by atoms with van der Waals surface area (Å²) < 4.78 is 7.62. The number of hydrogen-bond acceptors (Lipinski definition) is 3. The smallest absolute Gasteiger partial charge is 0.262 e. The Bertz CT molecular complexity index is 848. The van der Waals surface area contributed by atoms with Gasteiger partial charge in [0.25, 0.3) is 5.91 Å². The van der Waals surface area contributed by atoms with E-state index in [1.165, 1.54) is 0 Å². The molecule has 3 aromatic rings. The lowest BCUT2D eigenvalue weighted by atomic mass is 10.1. The van der Waals surface area contributed by atoms with Gasteiger partial charge >= 0.3 is 0 Å². The highest BCUT2D eigenvalue weighted by Gasteiger charge is 2.10. The van der Waals surface area contributed by atoms with Crippen molar-refractivity contribution in [3.05, 3.63) is 59.5 Å². The number of aryl methyl sites for hydroxylation is 3. The lowest BCUT2D eigenvalue weighted by molar-refractivity contribution is -0.118. The van der Waals surface area contributed by atoms with Gasteiger partial charge in [-0.25, -0.2) is 4.98 Å². The van der Waals surface area contributed by atoms with E-state index in [0.29, 0.717) is 0 Å². The Kier molecular flexibility index (Phi) is 4.02. The Morgan fingerprint density at radius 1 is 1.17 bits per heavy atom. The summed E-state index contributed by atoms with van der Waals surface area (Å²) in [5.41, 5.74) is 4.58. The van der Waals surface area contributed by atoms with Crippen molar-refractivity contribution >= 4 is 17.2 Å². The SMILES string of the molecule is Cc1cccc(C)c1OCC(=O)Nc1ccc2nccn2c1C. The standard InChI is InChI=1S/C18H19N3O2/c1-12-5-4-6-13(2)18(12)23-11-17(22)20-15-7-8-16-19-9-10-21(16)14(15)3/h4-10H,11H2,1-3H3,(H,20,22). The molecule has 5 nitrogen and oxygen atoms in total. The number of fused-ring (bicyclic) bond motifs is 1. The molecule has 0 spiro atoms. The van der Waals surface area contributed by atoms with Crippen molar-refractivity contribution in [2.75, 3.05) is 11.9 Å². The van der Waals surface area contributed by atoms with Crippen molar-refractivity contribution in [1.82, 2.24) is 9.38 Å². The second kappa shape index (κ2) is 6.12. The van der Waals surface area contributed by atoms with Crippen LogP contribution in [-0.4, -0.2) is 21.9 Å². The van der Waals surface area contributed by atoms with E-state index >= 15 is 0 Å². The highest BCUT2D eigenvalue weighted by atomic mass is 16.5. The fraction of sp³-hybridized carbons (Fsp3) is 0.222. The van der Waals surface area contributed by atoms with Crippen LogP contribution in [0.3, 0.4) is 0 Å². The van der Waals surface area contributed by atoms with Gasteiger partial charge < -0.3 is 14.5 Å². The Morgan fingerprint density at radius 3 is 2.65 bits per heavy atom. The number of anilines is 1. The molecule has 23 heavy (non-hydrogen) atoms. The molecule has 1 N–H and O–H groups in total. The van der Waals surface area contributed by atoms with Crippen LogP contribution in [0.2, 0.25) is 0 Å². The fourth-order valence-electron chi connectivity index (χ4n) is 2.61. The summed E-state index contributed by atoms with van der Waals surface area (Å²) in [6.07, 6.45) is 3.60. The molecule has 0 atom stereocenters. The summed E-state index contributed by atoms with van der Waals surface area (Å²) in [7, 11) is 0. The normalized spacial score (nSPS) is 10.7. The zero-order chi connectivity index (χ0) is 16.4. The molecule has 0 aliphatic carbocycles. The van der Waals surface area contributed by atoms with Crippen molar-refractivity contribution in [3.8, 4) is 5.75 Å². The summed E-state index contributed by atoms with van der Waals surface area (Å²) in [6.45, 7) is 5.86. The topological polar surface area (TPSA) is 55.6 Å². The quantitative estimate of drug-likeness (QED) is 0.804. The van der Waals surface area contributed by atoms with Gasteiger partial charge in [0, 0.05) is 18.1 Å². The zero-order valence-electron chi connectivity index (χ0n) is 13.5. The number of nitrogens with zero attached hydrogens (tertiary/aromatic N) is 2. The molecule has 0 fully saturated rings. The van der Waals surface area contributed by atoms with Gasteiger partial charge in [-0.3, -0.25) is 4.79 Å². The molecule has 0 aliphatic rings. The van der Waals surface area contributed by atoms with Gasteiger partial charge in [0.1, 0.15) is 11.4 Å². The van der Waals surface area contributed by atoms with Crippen LogP contribution in [0.25, 0.3) is 5.65 Å². The Balaban J connectivity index is 1.70. The molecular formula is C18H19N3O2. The van der Waals surface area contributed by atoms with Crippen molar-refractivity contribution in [2.24, 2.45) is 0 Å². The highest BCUT2D eigenvalue weighted by molar-refractivity contribution is 5.92. The first-order valence-electron chi connectivity index (χ1n) is 7.48. The number of nitrogens with one attached hydrogen (secondary N) is 1. The third-order valence-corrected chi connectivity index (χ3v) is 3.85. The van der Waals surface area contributed by atoms with Crippen molar-refractivity contribution in [1.29, 1.82) is 0 Å². The van der Waals surface area contributed by atoms with Crippen LogP contribution in [0.5, 0.6) is 5.75 Å². The molecular weight excluding hydrogens is 290 g/mol. The van der Waals surface area contributed by atoms with E-state index in [0.717, 1.165) is 33.9 Å². The lowest BCUT2D eigenvalue weighted by Gasteiger charge is -2.13. The largest absolute Gasteiger partial charge is 0.483 e. The maximum atomic E-state index is 12.2. The van der Waals surface area contributed by atoms with Gasteiger partial charge in [0.05, 0.1) is 5.69 Å². The summed E-state index contributed by atoms with van der Waals surface area (Å²) in [6, 6.07) is 9.64. The van der Waals surface area contributed by atoms with Crippen LogP contribution >= 0.6 is 0 Å². The molecule has 0 saturated carbocycles. The molecule has 2 aromatic heterocycles. The van der Waals surface area contributed by atoms with Crippen LogP contribution in [0.1, 0.15) is 16.8 Å². The molecule has 0 bridgehead atoms. The first kappa shape index (κ1) is 15.1. The maximum Gasteiger partial charge on any atom is 0.262 e. The second-order valence-corrected chi connectivity index (χ2v) is 5.55.